The minimum atomic E-state index is -4.99. The average molecular weight is 411 g/mol. The zero-order chi connectivity index (χ0) is 20.5. The molecule has 0 aliphatic carbocycles. The summed E-state index contributed by atoms with van der Waals surface area (Å²) in [6.45, 7) is 2.53. The smallest absolute Gasteiger partial charge is 0.431 e. The Kier molecular flexibility index (Phi) is 6.01. The summed E-state index contributed by atoms with van der Waals surface area (Å²) < 4.78 is 64.2. The van der Waals surface area contributed by atoms with Gasteiger partial charge in [0.1, 0.15) is 24.0 Å². The number of methoxy groups -OCH3 is 1. The SMILES string of the molecule is COCn1c(C(F)(F)F)cc(=O)n(-c2cc(OC(C)C)c(Cl)cc2F)c1=O. The van der Waals surface area contributed by atoms with Crippen LogP contribution in [0.15, 0.2) is 27.8 Å². The van der Waals surface area contributed by atoms with Gasteiger partial charge < -0.3 is 9.47 Å². The molecule has 0 unspecified atom stereocenters. The van der Waals surface area contributed by atoms with Crippen molar-refractivity contribution in [2.75, 3.05) is 7.11 Å². The van der Waals surface area contributed by atoms with Crippen molar-refractivity contribution >= 4 is 11.6 Å². The van der Waals surface area contributed by atoms with Gasteiger partial charge in [-0.2, -0.15) is 13.2 Å². The fraction of sp³-hybridized carbons (Fsp3) is 0.375. The Balaban J connectivity index is 2.82. The fourth-order valence-corrected chi connectivity index (χ4v) is 2.52. The highest BCUT2D eigenvalue weighted by atomic mass is 35.5. The molecule has 1 aromatic carbocycles. The second-order valence-corrected chi connectivity index (χ2v) is 6.14. The van der Waals surface area contributed by atoms with Gasteiger partial charge in [-0.1, -0.05) is 11.6 Å². The first-order valence-corrected chi connectivity index (χ1v) is 7.94. The van der Waals surface area contributed by atoms with Crippen molar-refractivity contribution in [3.05, 3.63) is 55.6 Å². The van der Waals surface area contributed by atoms with Crippen molar-refractivity contribution in [2.24, 2.45) is 0 Å². The number of nitrogens with zero attached hydrogens (tertiary/aromatic N) is 2. The van der Waals surface area contributed by atoms with Crippen LogP contribution in [-0.4, -0.2) is 22.3 Å². The molecule has 2 aromatic rings. The summed E-state index contributed by atoms with van der Waals surface area (Å²) in [4.78, 5) is 24.7. The van der Waals surface area contributed by atoms with Crippen LogP contribution in [0, 0.1) is 5.82 Å². The van der Waals surface area contributed by atoms with Gasteiger partial charge in [0.25, 0.3) is 5.56 Å². The summed E-state index contributed by atoms with van der Waals surface area (Å²) in [6.07, 6.45) is -5.35. The third kappa shape index (κ3) is 4.33. The molecule has 0 bridgehead atoms. The van der Waals surface area contributed by atoms with E-state index < -0.39 is 41.4 Å². The van der Waals surface area contributed by atoms with Gasteiger partial charge in [0.05, 0.1) is 16.8 Å². The van der Waals surface area contributed by atoms with E-state index in [1.807, 2.05) is 0 Å². The number of rotatable bonds is 5. The Hall–Kier alpha value is -2.33. The molecule has 0 atom stereocenters. The minimum absolute atomic E-state index is 0.0347. The lowest BCUT2D eigenvalue weighted by Gasteiger charge is -2.18. The van der Waals surface area contributed by atoms with Crippen molar-refractivity contribution in [1.29, 1.82) is 0 Å². The number of aromatic nitrogens is 2. The topological polar surface area (TPSA) is 62.5 Å². The molecule has 0 fully saturated rings. The second-order valence-electron chi connectivity index (χ2n) is 5.73. The van der Waals surface area contributed by atoms with Crippen LogP contribution in [0.2, 0.25) is 5.02 Å². The quantitative estimate of drug-likeness (QED) is 0.710. The summed E-state index contributed by atoms with van der Waals surface area (Å²) in [5.41, 5.74) is -4.89. The van der Waals surface area contributed by atoms with Gasteiger partial charge in [0, 0.05) is 19.2 Å². The number of hydrogen-bond acceptors (Lipinski definition) is 4. The summed E-state index contributed by atoms with van der Waals surface area (Å²) in [5.74, 6) is -1.12. The molecule has 2 rings (SSSR count). The van der Waals surface area contributed by atoms with Crippen LogP contribution in [0.25, 0.3) is 5.69 Å². The maximum Gasteiger partial charge on any atom is 0.431 e. The van der Waals surface area contributed by atoms with Crippen molar-refractivity contribution in [3.8, 4) is 11.4 Å². The molecule has 11 heteroatoms. The number of halogens is 5. The highest BCUT2D eigenvalue weighted by Gasteiger charge is 2.36. The molecule has 27 heavy (non-hydrogen) atoms. The maximum atomic E-state index is 14.4. The Morgan fingerprint density at radius 1 is 1.19 bits per heavy atom. The molecule has 0 amide bonds. The molecule has 0 aliphatic rings. The summed E-state index contributed by atoms with van der Waals surface area (Å²) in [6, 6.07) is 1.97. The first-order valence-electron chi connectivity index (χ1n) is 7.56. The Bertz CT molecular complexity index is 967. The van der Waals surface area contributed by atoms with Gasteiger partial charge in [0.15, 0.2) is 0 Å². The van der Waals surface area contributed by atoms with Crippen LogP contribution in [0.1, 0.15) is 19.5 Å². The third-order valence-electron chi connectivity index (χ3n) is 3.35. The van der Waals surface area contributed by atoms with Gasteiger partial charge in [-0.05, 0) is 19.9 Å². The number of alkyl halides is 3. The Morgan fingerprint density at radius 2 is 1.81 bits per heavy atom. The van der Waals surface area contributed by atoms with Crippen molar-refractivity contribution in [3.63, 3.8) is 0 Å². The summed E-state index contributed by atoms with van der Waals surface area (Å²) >= 11 is 5.87. The second kappa shape index (κ2) is 7.73. The molecule has 0 saturated carbocycles. The van der Waals surface area contributed by atoms with Crippen LogP contribution in [0.4, 0.5) is 17.6 Å². The minimum Gasteiger partial charge on any atom is -0.489 e. The zero-order valence-corrected chi connectivity index (χ0v) is 15.2. The Morgan fingerprint density at radius 3 is 2.33 bits per heavy atom. The monoisotopic (exact) mass is 410 g/mol. The van der Waals surface area contributed by atoms with Crippen molar-refractivity contribution in [2.45, 2.75) is 32.9 Å². The van der Waals surface area contributed by atoms with E-state index in [-0.39, 0.29) is 32.1 Å². The summed E-state index contributed by atoms with van der Waals surface area (Å²) in [7, 11) is 1.07. The van der Waals surface area contributed by atoms with Gasteiger partial charge in [0.2, 0.25) is 0 Å². The van der Waals surface area contributed by atoms with Gasteiger partial charge in [-0.3, -0.25) is 9.36 Å². The van der Waals surface area contributed by atoms with Crippen LogP contribution in [-0.2, 0) is 17.6 Å². The van der Waals surface area contributed by atoms with Crippen LogP contribution >= 0.6 is 11.6 Å². The van der Waals surface area contributed by atoms with E-state index in [2.05, 4.69) is 4.74 Å². The molecule has 1 aromatic heterocycles. The highest BCUT2D eigenvalue weighted by molar-refractivity contribution is 6.32. The molecule has 0 N–H and O–H groups in total. The molecule has 1 heterocycles. The molecule has 0 saturated heterocycles. The lowest BCUT2D eigenvalue weighted by molar-refractivity contribution is -0.146. The summed E-state index contributed by atoms with van der Waals surface area (Å²) in [5, 5.41) is -0.123. The number of ether oxygens (including phenoxy) is 2. The maximum absolute atomic E-state index is 14.4. The van der Waals surface area contributed by atoms with Crippen LogP contribution in [0.3, 0.4) is 0 Å². The molecular weight excluding hydrogens is 396 g/mol. The molecule has 0 aliphatic heterocycles. The van der Waals surface area contributed by atoms with E-state index >= 15 is 0 Å². The van der Waals surface area contributed by atoms with Crippen LogP contribution < -0.4 is 16.0 Å². The largest absolute Gasteiger partial charge is 0.489 e. The number of hydrogen-bond donors (Lipinski definition) is 0. The average Bonchev–Trinajstić information content (AvgIpc) is 2.52. The molecule has 0 radical (unpaired) electrons. The fourth-order valence-electron chi connectivity index (χ4n) is 2.32. The first-order chi connectivity index (χ1) is 12.5. The Labute approximate surface area is 155 Å². The lowest BCUT2D eigenvalue weighted by Crippen LogP contribution is -2.42. The van der Waals surface area contributed by atoms with E-state index in [0.29, 0.717) is 0 Å². The molecule has 6 nitrogen and oxygen atoms in total. The van der Waals surface area contributed by atoms with E-state index in [1.165, 1.54) is 0 Å². The lowest BCUT2D eigenvalue weighted by atomic mass is 10.2. The molecule has 148 valence electrons. The van der Waals surface area contributed by atoms with Gasteiger partial charge in [-0.15, -0.1) is 0 Å². The first kappa shape index (κ1) is 21.0. The standard InChI is InChI=1S/C16H15ClF4N2O4/c1-8(2)27-12-5-11(10(18)4-9(12)17)23-14(24)6-13(16(19,20)21)22(7-26-3)15(23)25/h4-6,8H,7H2,1-3H3. The molecule has 0 spiro atoms. The number of benzene rings is 1. The predicted molar refractivity (Wildman–Crippen MR) is 89.0 cm³/mol. The van der Waals surface area contributed by atoms with E-state index in [4.69, 9.17) is 16.3 Å². The van der Waals surface area contributed by atoms with E-state index in [1.54, 1.807) is 13.8 Å². The normalized spacial score (nSPS) is 11.9. The third-order valence-corrected chi connectivity index (χ3v) is 3.64. The van der Waals surface area contributed by atoms with Crippen molar-refractivity contribution in [1.82, 2.24) is 9.13 Å². The molecular formula is C16H15ClF4N2O4. The zero-order valence-electron chi connectivity index (χ0n) is 14.4. The van der Waals surface area contributed by atoms with Crippen LogP contribution in [0.5, 0.6) is 5.75 Å². The predicted octanol–water partition coefficient (Wildman–Crippen LogP) is 3.20. The van der Waals surface area contributed by atoms with E-state index in [9.17, 15) is 27.2 Å². The van der Waals surface area contributed by atoms with Crippen molar-refractivity contribution < 1.29 is 27.0 Å². The van der Waals surface area contributed by atoms with Gasteiger partial charge in [-0.25, -0.2) is 13.8 Å². The van der Waals surface area contributed by atoms with E-state index in [0.717, 1.165) is 19.2 Å². The highest BCUT2D eigenvalue weighted by Crippen LogP contribution is 2.30. The van der Waals surface area contributed by atoms with Gasteiger partial charge >= 0.3 is 11.9 Å².